The van der Waals surface area contributed by atoms with E-state index in [1.165, 1.54) is 12.1 Å². The minimum absolute atomic E-state index is 0.0203. The molecule has 4 N–H and O–H groups in total. The minimum atomic E-state index is -1.03. The van der Waals surface area contributed by atoms with E-state index >= 15 is 0 Å². The summed E-state index contributed by atoms with van der Waals surface area (Å²) in [5.41, 5.74) is 6.12. The molecule has 2 amide bonds. The van der Waals surface area contributed by atoms with Crippen LogP contribution in [0.4, 0.5) is 20.6 Å². The number of fused-ring (bicyclic) bond motifs is 1. The molecule has 0 radical (unpaired) electrons. The Hall–Kier alpha value is -2.19. The molecule has 3 rings (SSSR count). The van der Waals surface area contributed by atoms with Crippen molar-refractivity contribution in [3.8, 4) is 0 Å². The zero-order valence-corrected chi connectivity index (χ0v) is 14.4. The third-order valence-electron chi connectivity index (χ3n) is 4.91. The van der Waals surface area contributed by atoms with Gasteiger partial charge >= 0.3 is 6.09 Å². The average molecular weight is 350 g/mol. The molecule has 2 aliphatic heterocycles. The molecule has 1 unspecified atom stereocenters. The summed E-state index contributed by atoms with van der Waals surface area (Å²) in [5, 5.41) is 5.28. The Morgan fingerprint density at radius 3 is 3.00 bits per heavy atom. The van der Waals surface area contributed by atoms with Crippen LogP contribution in [0.15, 0.2) is 12.1 Å². The highest BCUT2D eigenvalue weighted by molar-refractivity contribution is 6.10. The van der Waals surface area contributed by atoms with E-state index < -0.39 is 17.4 Å². The van der Waals surface area contributed by atoms with Crippen LogP contribution in [0, 0.1) is 5.82 Å². The highest BCUT2D eigenvalue weighted by atomic mass is 19.1. The summed E-state index contributed by atoms with van der Waals surface area (Å²) in [6.45, 7) is 4.89. The molecule has 136 valence electrons. The molecule has 1 aromatic rings. The maximum Gasteiger partial charge on any atom is 0.411 e. The van der Waals surface area contributed by atoms with Crippen molar-refractivity contribution in [3.63, 3.8) is 0 Å². The van der Waals surface area contributed by atoms with Gasteiger partial charge in [-0.2, -0.15) is 0 Å². The van der Waals surface area contributed by atoms with Gasteiger partial charge in [0, 0.05) is 18.2 Å². The van der Waals surface area contributed by atoms with Crippen LogP contribution in [-0.2, 0) is 15.1 Å². The maximum absolute atomic E-state index is 14.2. The Balaban J connectivity index is 2.00. The normalized spacial score (nSPS) is 26.1. The van der Waals surface area contributed by atoms with E-state index in [1.54, 1.807) is 13.8 Å². The van der Waals surface area contributed by atoms with E-state index in [2.05, 4.69) is 10.6 Å². The molecular weight excluding hydrogens is 327 g/mol. The van der Waals surface area contributed by atoms with Crippen LogP contribution in [0.1, 0.15) is 32.3 Å². The molecule has 0 aromatic heterocycles. The summed E-state index contributed by atoms with van der Waals surface area (Å²) >= 11 is 0. The number of hydrogen-bond donors (Lipinski definition) is 3. The molecule has 0 saturated carbocycles. The van der Waals surface area contributed by atoms with E-state index in [0.717, 1.165) is 12.8 Å². The molecule has 8 heteroatoms. The van der Waals surface area contributed by atoms with Crippen molar-refractivity contribution in [3.05, 3.63) is 23.5 Å². The van der Waals surface area contributed by atoms with Gasteiger partial charge in [0.05, 0.1) is 18.0 Å². The maximum atomic E-state index is 14.2. The predicted octanol–water partition coefficient (Wildman–Crippen LogP) is 1.98. The number of hydrogen-bond acceptors (Lipinski definition) is 5. The number of carbonyl (C=O) groups is 2. The Kier molecular flexibility index (Phi) is 4.66. The molecular formula is C17H23FN4O3. The van der Waals surface area contributed by atoms with Gasteiger partial charge in [0.25, 0.3) is 0 Å². The van der Waals surface area contributed by atoms with Gasteiger partial charge in [-0.25, -0.2) is 9.18 Å². The lowest BCUT2D eigenvalue weighted by molar-refractivity contribution is -0.127. The summed E-state index contributed by atoms with van der Waals surface area (Å²) in [4.78, 5) is 26.5. The quantitative estimate of drug-likeness (QED) is 0.775. The molecule has 2 atom stereocenters. The number of halogens is 1. The van der Waals surface area contributed by atoms with Crippen LogP contribution in [0.3, 0.4) is 0 Å². The number of nitrogens with one attached hydrogen (secondary N) is 2. The first-order valence-electron chi connectivity index (χ1n) is 8.46. The highest BCUT2D eigenvalue weighted by Gasteiger charge is 2.49. The summed E-state index contributed by atoms with van der Waals surface area (Å²) in [6.07, 6.45) is 1.08. The third-order valence-corrected chi connectivity index (χ3v) is 4.91. The van der Waals surface area contributed by atoms with Crippen molar-refractivity contribution in [1.29, 1.82) is 0 Å². The standard InChI is InChI=1S/C17H23FN4O3/c1-3-25-16(24)20-13-8-10(18)7-12-14(13)21-15(23)17(12,2)22-6-4-5-11(19)9-22/h7-8,11H,3-6,9,19H2,1-2H3,(H,20,24)(H,21,23)/t11-,17?/m1/s1. The van der Waals surface area contributed by atoms with Crippen LogP contribution in [-0.4, -0.2) is 42.6 Å². The number of amides is 2. The van der Waals surface area contributed by atoms with Gasteiger partial charge in [-0.15, -0.1) is 0 Å². The van der Waals surface area contributed by atoms with Crippen molar-refractivity contribution in [2.75, 3.05) is 30.3 Å². The number of rotatable bonds is 3. The fraction of sp³-hybridized carbons (Fsp3) is 0.529. The molecule has 1 aromatic carbocycles. The second-order valence-electron chi connectivity index (χ2n) is 6.60. The molecule has 7 nitrogen and oxygen atoms in total. The fourth-order valence-corrected chi connectivity index (χ4v) is 3.59. The van der Waals surface area contributed by atoms with Crippen molar-refractivity contribution in [2.45, 2.75) is 38.3 Å². The van der Waals surface area contributed by atoms with Gasteiger partial charge in [-0.3, -0.25) is 15.0 Å². The van der Waals surface area contributed by atoms with Gasteiger partial charge in [-0.1, -0.05) is 0 Å². The average Bonchev–Trinajstić information content (AvgIpc) is 2.81. The summed E-state index contributed by atoms with van der Waals surface area (Å²) in [5.74, 6) is -0.788. The Labute approximate surface area is 145 Å². The van der Waals surface area contributed by atoms with Gasteiger partial charge < -0.3 is 15.8 Å². The van der Waals surface area contributed by atoms with Crippen LogP contribution >= 0.6 is 0 Å². The molecule has 2 heterocycles. The van der Waals surface area contributed by atoms with Crippen LogP contribution in [0.2, 0.25) is 0 Å². The van der Waals surface area contributed by atoms with Crippen molar-refractivity contribution < 1.29 is 18.7 Å². The molecule has 2 aliphatic rings. The first kappa shape index (κ1) is 17.6. The number of piperidine rings is 1. The summed E-state index contributed by atoms with van der Waals surface area (Å²) in [7, 11) is 0. The van der Waals surface area contributed by atoms with Crippen molar-refractivity contribution in [1.82, 2.24) is 4.90 Å². The highest BCUT2D eigenvalue weighted by Crippen LogP contribution is 2.45. The van der Waals surface area contributed by atoms with E-state index in [-0.39, 0.29) is 24.2 Å². The Bertz CT molecular complexity index is 711. The minimum Gasteiger partial charge on any atom is -0.450 e. The smallest absolute Gasteiger partial charge is 0.411 e. The molecule has 0 aliphatic carbocycles. The van der Waals surface area contributed by atoms with Crippen molar-refractivity contribution in [2.24, 2.45) is 5.73 Å². The molecule has 25 heavy (non-hydrogen) atoms. The number of nitrogens with zero attached hydrogens (tertiary/aromatic N) is 1. The second-order valence-corrected chi connectivity index (χ2v) is 6.60. The predicted molar refractivity (Wildman–Crippen MR) is 91.8 cm³/mol. The second kappa shape index (κ2) is 6.61. The summed E-state index contributed by atoms with van der Waals surface area (Å²) in [6, 6.07) is 2.49. The summed E-state index contributed by atoms with van der Waals surface area (Å²) < 4.78 is 19.0. The Morgan fingerprint density at radius 1 is 1.56 bits per heavy atom. The third kappa shape index (κ3) is 3.07. The largest absolute Gasteiger partial charge is 0.450 e. The SMILES string of the molecule is CCOC(=O)Nc1cc(F)cc2c1NC(=O)C2(C)N1CCC[C@@H](N)C1. The van der Waals surface area contributed by atoms with Crippen molar-refractivity contribution >= 4 is 23.4 Å². The number of nitrogens with two attached hydrogens (primary N) is 1. The number of benzene rings is 1. The number of carbonyl (C=O) groups excluding carboxylic acids is 2. The van der Waals surface area contributed by atoms with Crippen LogP contribution < -0.4 is 16.4 Å². The van der Waals surface area contributed by atoms with Gasteiger partial charge in [0.2, 0.25) is 5.91 Å². The Morgan fingerprint density at radius 2 is 2.32 bits per heavy atom. The van der Waals surface area contributed by atoms with E-state index in [9.17, 15) is 14.0 Å². The lowest BCUT2D eigenvalue weighted by Crippen LogP contribution is -2.55. The molecule has 0 spiro atoms. The number of anilines is 2. The molecule has 1 fully saturated rings. The fourth-order valence-electron chi connectivity index (χ4n) is 3.59. The van der Waals surface area contributed by atoms with Gasteiger partial charge in [0.15, 0.2) is 0 Å². The van der Waals surface area contributed by atoms with Crippen LogP contribution in [0.5, 0.6) is 0 Å². The first-order chi connectivity index (χ1) is 11.9. The zero-order chi connectivity index (χ0) is 18.2. The number of likely N-dealkylation sites (tertiary alicyclic amines) is 1. The van der Waals surface area contributed by atoms with E-state index in [1.807, 2.05) is 4.90 Å². The lowest BCUT2D eigenvalue weighted by atomic mass is 9.88. The molecule has 0 bridgehead atoms. The van der Waals surface area contributed by atoms with Gasteiger partial charge in [0.1, 0.15) is 11.4 Å². The number of ether oxygens (including phenoxy) is 1. The topological polar surface area (TPSA) is 96.7 Å². The van der Waals surface area contributed by atoms with Gasteiger partial charge in [-0.05, 0) is 45.4 Å². The first-order valence-corrected chi connectivity index (χ1v) is 8.46. The zero-order valence-electron chi connectivity index (χ0n) is 14.4. The van der Waals surface area contributed by atoms with E-state index in [4.69, 9.17) is 10.5 Å². The monoisotopic (exact) mass is 350 g/mol. The van der Waals surface area contributed by atoms with Crippen LogP contribution in [0.25, 0.3) is 0 Å². The van der Waals surface area contributed by atoms with E-state index in [0.29, 0.717) is 24.3 Å². The lowest BCUT2D eigenvalue weighted by Gasteiger charge is -2.41. The molecule has 1 saturated heterocycles.